The van der Waals surface area contributed by atoms with Crippen molar-refractivity contribution in [3.63, 3.8) is 0 Å². The highest BCUT2D eigenvalue weighted by atomic mass is 16.2. The van der Waals surface area contributed by atoms with Gasteiger partial charge in [0.1, 0.15) is 6.04 Å². The van der Waals surface area contributed by atoms with Crippen LogP contribution in [0.15, 0.2) is 54.8 Å². The van der Waals surface area contributed by atoms with Crippen molar-refractivity contribution < 1.29 is 4.79 Å². The van der Waals surface area contributed by atoms with E-state index in [0.29, 0.717) is 5.92 Å². The molecule has 1 aliphatic rings. The van der Waals surface area contributed by atoms with Crippen LogP contribution in [0.3, 0.4) is 0 Å². The highest BCUT2D eigenvalue weighted by Crippen LogP contribution is 2.31. The SMILES string of the molecule is C=CCC(C)C1=CCC(C(=O)N(C)[C@H](CN(C)CCC)c2ccccc2)N1C. The Hall–Kier alpha value is -2.07. The van der Waals surface area contributed by atoms with Gasteiger partial charge in [-0.05, 0) is 44.3 Å². The molecule has 154 valence electrons. The Morgan fingerprint density at radius 3 is 2.61 bits per heavy atom. The van der Waals surface area contributed by atoms with E-state index in [1.165, 1.54) is 11.3 Å². The predicted octanol–water partition coefficient (Wildman–Crippen LogP) is 4.33. The maximum Gasteiger partial charge on any atom is 0.245 e. The van der Waals surface area contributed by atoms with E-state index in [-0.39, 0.29) is 18.0 Å². The third kappa shape index (κ3) is 5.26. The summed E-state index contributed by atoms with van der Waals surface area (Å²) in [6.45, 7) is 10.1. The van der Waals surface area contributed by atoms with Gasteiger partial charge in [-0.25, -0.2) is 0 Å². The number of hydrogen-bond acceptors (Lipinski definition) is 3. The molecule has 0 aromatic heterocycles. The first-order chi connectivity index (χ1) is 13.4. The number of benzene rings is 1. The van der Waals surface area contributed by atoms with E-state index in [9.17, 15) is 4.79 Å². The summed E-state index contributed by atoms with van der Waals surface area (Å²) < 4.78 is 0. The van der Waals surface area contributed by atoms with Crippen LogP contribution in [0.5, 0.6) is 0 Å². The number of rotatable bonds is 10. The maximum absolute atomic E-state index is 13.4. The molecule has 0 aliphatic carbocycles. The van der Waals surface area contributed by atoms with Crippen LogP contribution in [-0.4, -0.2) is 60.9 Å². The summed E-state index contributed by atoms with van der Waals surface area (Å²) in [5.41, 5.74) is 2.45. The lowest BCUT2D eigenvalue weighted by Gasteiger charge is -2.36. The Labute approximate surface area is 171 Å². The molecule has 1 heterocycles. The topological polar surface area (TPSA) is 26.8 Å². The largest absolute Gasteiger partial charge is 0.366 e. The second-order valence-electron chi connectivity index (χ2n) is 8.05. The average molecular weight is 384 g/mol. The fourth-order valence-corrected chi connectivity index (χ4v) is 4.18. The molecule has 1 aromatic rings. The van der Waals surface area contributed by atoms with Crippen LogP contribution in [0.25, 0.3) is 0 Å². The number of nitrogens with zero attached hydrogens (tertiary/aromatic N) is 3. The van der Waals surface area contributed by atoms with Crippen molar-refractivity contribution in [2.45, 2.75) is 45.2 Å². The number of likely N-dealkylation sites (N-methyl/N-ethyl adjacent to an activating group) is 3. The minimum atomic E-state index is -0.116. The first kappa shape index (κ1) is 22.2. The number of carbonyl (C=O) groups excluding carboxylic acids is 1. The summed E-state index contributed by atoms with van der Waals surface area (Å²) in [5.74, 6) is 0.588. The van der Waals surface area contributed by atoms with Crippen molar-refractivity contribution >= 4 is 5.91 Å². The normalized spacial score (nSPS) is 18.7. The van der Waals surface area contributed by atoms with E-state index < -0.39 is 0 Å². The zero-order valence-electron chi connectivity index (χ0n) is 18.3. The van der Waals surface area contributed by atoms with Crippen molar-refractivity contribution in [2.75, 3.05) is 34.2 Å². The zero-order valence-corrected chi connectivity index (χ0v) is 18.3. The molecule has 2 unspecified atom stereocenters. The summed E-state index contributed by atoms with van der Waals surface area (Å²) >= 11 is 0. The zero-order chi connectivity index (χ0) is 20.7. The molecular weight excluding hydrogens is 346 g/mol. The van der Waals surface area contributed by atoms with Gasteiger partial charge in [0.2, 0.25) is 5.91 Å². The van der Waals surface area contributed by atoms with Gasteiger partial charge < -0.3 is 14.7 Å². The number of amides is 1. The fraction of sp³-hybridized carbons (Fsp3) is 0.542. The smallest absolute Gasteiger partial charge is 0.245 e. The molecule has 0 saturated carbocycles. The highest BCUT2D eigenvalue weighted by molar-refractivity contribution is 5.83. The van der Waals surface area contributed by atoms with E-state index in [4.69, 9.17) is 0 Å². The first-order valence-electron chi connectivity index (χ1n) is 10.4. The molecule has 1 aliphatic heterocycles. The van der Waals surface area contributed by atoms with Gasteiger partial charge in [-0.3, -0.25) is 4.79 Å². The minimum absolute atomic E-state index is 0.0494. The van der Waals surface area contributed by atoms with Gasteiger partial charge in [0.05, 0.1) is 6.04 Å². The fourth-order valence-electron chi connectivity index (χ4n) is 4.18. The Balaban J connectivity index is 2.16. The van der Waals surface area contributed by atoms with E-state index in [1.807, 2.05) is 24.1 Å². The van der Waals surface area contributed by atoms with E-state index in [2.05, 4.69) is 74.7 Å². The van der Waals surface area contributed by atoms with Gasteiger partial charge in [0.15, 0.2) is 0 Å². The molecule has 0 N–H and O–H groups in total. The van der Waals surface area contributed by atoms with Crippen LogP contribution in [0, 0.1) is 5.92 Å². The van der Waals surface area contributed by atoms with Crippen LogP contribution in [0.4, 0.5) is 0 Å². The maximum atomic E-state index is 13.4. The van der Waals surface area contributed by atoms with Crippen molar-refractivity contribution in [3.05, 3.63) is 60.3 Å². The van der Waals surface area contributed by atoms with Gasteiger partial charge >= 0.3 is 0 Å². The second kappa shape index (κ2) is 10.5. The molecule has 4 heteroatoms. The molecular formula is C24H37N3O. The molecule has 28 heavy (non-hydrogen) atoms. The first-order valence-corrected chi connectivity index (χ1v) is 10.4. The molecule has 0 radical (unpaired) electrons. The van der Waals surface area contributed by atoms with Crippen LogP contribution in [0.1, 0.15) is 44.7 Å². The summed E-state index contributed by atoms with van der Waals surface area (Å²) in [7, 11) is 6.14. The third-order valence-corrected chi connectivity index (χ3v) is 5.82. The lowest BCUT2D eigenvalue weighted by Crippen LogP contribution is -2.47. The average Bonchev–Trinajstić information content (AvgIpc) is 3.07. The van der Waals surface area contributed by atoms with E-state index >= 15 is 0 Å². The minimum Gasteiger partial charge on any atom is -0.366 e. The summed E-state index contributed by atoms with van der Waals surface area (Å²) in [6, 6.07) is 10.3. The van der Waals surface area contributed by atoms with Crippen molar-refractivity contribution in [1.82, 2.24) is 14.7 Å². The van der Waals surface area contributed by atoms with Gasteiger partial charge in [-0.15, -0.1) is 6.58 Å². The quantitative estimate of drug-likeness (QED) is 0.563. The summed E-state index contributed by atoms with van der Waals surface area (Å²) in [6.07, 6.45) is 7.00. The Kier molecular flexibility index (Phi) is 8.31. The molecule has 0 fully saturated rings. The van der Waals surface area contributed by atoms with Crippen molar-refractivity contribution in [2.24, 2.45) is 5.92 Å². The van der Waals surface area contributed by atoms with Crippen LogP contribution < -0.4 is 0 Å². The standard InChI is InChI=1S/C24H37N3O/c1-7-12-19(3)21-15-16-22(26(21)5)24(28)27(6)23(18-25(4)17-8-2)20-13-10-9-11-14-20/h7,9-11,13-15,19,22-23H,1,8,12,16-18H2,2-6H3/t19?,22?,23-/m1/s1. The number of allylic oxidation sites excluding steroid dienone is 2. The lowest BCUT2D eigenvalue weighted by atomic mass is 10.0. The summed E-state index contributed by atoms with van der Waals surface area (Å²) in [5, 5.41) is 0. The van der Waals surface area contributed by atoms with Gasteiger partial charge in [0.25, 0.3) is 0 Å². The molecule has 2 rings (SSSR count). The lowest BCUT2D eigenvalue weighted by molar-refractivity contribution is -0.136. The monoisotopic (exact) mass is 383 g/mol. The van der Waals surface area contributed by atoms with Crippen molar-refractivity contribution in [3.8, 4) is 0 Å². The molecule has 0 bridgehead atoms. The van der Waals surface area contributed by atoms with Crippen LogP contribution in [-0.2, 0) is 4.79 Å². The summed E-state index contributed by atoms with van der Waals surface area (Å²) in [4.78, 5) is 19.9. The third-order valence-electron chi connectivity index (χ3n) is 5.82. The van der Waals surface area contributed by atoms with Crippen molar-refractivity contribution in [1.29, 1.82) is 0 Å². The molecule has 3 atom stereocenters. The van der Waals surface area contributed by atoms with Crippen LogP contribution >= 0.6 is 0 Å². The van der Waals surface area contributed by atoms with Crippen LogP contribution in [0.2, 0.25) is 0 Å². The second-order valence-corrected chi connectivity index (χ2v) is 8.05. The van der Waals surface area contributed by atoms with E-state index in [1.54, 1.807) is 0 Å². The molecule has 1 aromatic carbocycles. The van der Waals surface area contributed by atoms with Gasteiger partial charge in [-0.2, -0.15) is 0 Å². The molecule has 0 saturated heterocycles. The molecule has 1 amide bonds. The molecule has 0 spiro atoms. The highest BCUT2D eigenvalue weighted by Gasteiger charge is 2.35. The number of hydrogen-bond donors (Lipinski definition) is 0. The van der Waals surface area contributed by atoms with E-state index in [0.717, 1.165) is 32.4 Å². The molecule has 4 nitrogen and oxygen atoms in total. The number of carbonyl (C=O) groups is 1. The Morgan fingerprint density at radius 2 is 2.00 bits per heavy atom. The van der Waals surface area contributed by atoms with Gasteiger partial charge in [-0.1, -0.05) is 56.3 Å². The Morgan fingerprint density at radius 1 is 1.32 bits per heavy atom. The van der Waals surface area contributed by atoms with Gasteiger partial charge in [0, 0.05) is 26.3 Å². The predicted molar refractivity (Wildman–Crippen MR) is 118 cm³/mol. The Bertz CT molecular complexity index is 670.